The number of amides is 1. The van der Waals surface area contributed by atoms with Gasteiger partial charge in [0, 0.05) is 24.6 Å². The predicted molar refractivity (Wildman–Crippen MR) is 96.0 cm³/mol. The van der Waals surface area contributed by atoms with Crippen LogP contribution in [-0.4, -0.2) is 49.0 Å². The van der Waals surface area contributed by atoms with E-state index in [0.717, 1.165) is 25.1 Å². The van der Waals surface area contributed by atoms with Crippen LogP contribution in [0.15, 0.2) is 35.0 Å². The molecule has 1 saturated heterocycles. The molecule has 9 heteroatoms. The van der Waals surface area contributed by atoms with Crippen molar-refractivity contribution in [3.8, 4) is 17.7 Å². The summed E-state index contributed by atoms with van der Waals surface area (Å²) in [5.74, 6) is 1.50. The Balaban J connectivity index is 1.27. The molecule has 2 aromatic heterocycles. The number of nitriles is 1. The summed E-state index contributed by atoms with van der Waals surface area (Å²) in [5.41, 5.74) is 1.67. The fraction of sp³-hybridized carbons (Fsp3) is 0.368. The molecule has 1 amide bonds. The molecule has 1 unspecified atom stereocenters. The predicted octanol–water partition coefficient (Wildman–Crippen LogP) is 2.16. The molecule has 3 aromatic rings. The average Bonchev–Trinajstić information content (AvgIpc) is 3.16. The zero-order chi connectivity index (χ0) is 19.1. The summed E-state index contributed by atoms with van der Waals surface area (Å²) in [6.07, 6.45) is 4.81. The van der Waals surface area contributed by atoms with Gasteiger partial charge in [-0.05, 0) is 43.5 Å². The average molecular weight is 375 g/mol. The summed E-state index contributed by atoms with van der Waals surface area (Å²) in [6.45, 7) is 1.20. The van der Waals surface area contributed by atoms with E-state index in [4.69, 9.17) is 9.78 Å². The second kappa shape index (κ2) is 6.56. The second-order valence-corrected chi connectivity index (χ2v) is 7.20. The fourth-order valence-electron chi connectivity index (χ4n) is 3.41. The summed E-state index contributed by atoms with van der Waals surface area (Å²) in [5, 5.41) is 21.2. The van der Waals surface area contributed by atoms with Gasteiger partial charge in [0.2, 0.25) is 0 Å². The van der Waals surface area contributed by atoms with E-state index in [1.54, 1.807) is 40.0 Å². The summed E-state index contributed by atoms with van der Waals surface area (Å²) in [4.78, 5) is 18.9. The Morgan fingerprint density at radius 1 is 1.21 bits per heavy atom. The third-order valence-corrected chi connectivity index (χ3v) is 5.20. The maximum Gasteiger partial charge on any atom is 0.280 e. The van der Waals surface area contributed by atoms with E-state index >= 15 is 0 Å². The molecule has 1 aromatic carbocycles. The zero-order valence-electron chi connectivity index (χ0n) is 15.0. The van der Waals surface area contributed by atoms with Crippen LogP contribution in [0.5, 0.6) is 0 Å². The van der Waals surface area contributed by atoms with Crippen LogP contribution in [0.4, 0.5) is 0 Å². The van der Waals surface area contributed by atoms with E-state index < -0.39 is 0 Å². The Morgan fingerprint density at radius 2 is 2.04 bits per heavy atom. The van der Waals surface area contributed by atoms with Crippen molar-refractivity contribution in [2.24, 2.45) is 0 Å². The Hall–Kier alpha value is -3.54. The molecule has 5 rings (SSSR count). The maximum absolute atomic E-state index is 12.7. The molecule has 1 aliphatic heterocycles. The van der Waals surface area contributed by atoms with Gasteiger partial charge in [-0.1, -0.05) is 10.4 Å². The van der Waals surface area contributed by atoms with E-state index in [9.17, 15) is 4.79 Å². The standard InChI is InChI=1S/C19H17N7O2/c20-9-12-1-3-14(4-2-12)19(27)25-8-7-15(10-25)26-11-16(22-24-26)18-21-17(23-28-18)13-5-6-13/h1-4,11,13,15H,5-8,10H2. The van der Waals surface area contributed by atoms with Crippen molar-refractivity contribution in [2.45, 2.75) is 31.2 Å². The number of rotatable bonds is 4. The Labute approximate surface area is 160 Å². The third kappa shape index (κ3) is 3.03. The van der Waals surface area contributed by atoms with Crippen molar-refractivity contribution in [1.29, 1.82) is 5.26 Å². The first kappa shape index (κ1) is 16.6. The van der Waals surface area contributed by atoms with Crippen LogP contribution in [0, 0.1) is 11.3 Å². The number of hydrogen-bond acceptors (Lipinski definition) is 7. The normalized spacial score (nSPS) is 19.0. The van der Waals surface area contributed by atoms with Crippen molar-refractivity contribution in [1.82, 2.24) is 30.0 Å². The molecule has 0 N–H and O–H groups in total. The van der Waals surface area contributed by atoms with Crippen molar-refractivity contribution in [3.05, 3.63) is 47.4 Å². The number of likely N-dealkylation sites (tertiary alicyclic amines) is 1. The molecule has 2 fully saturated rings. The van der Waals surface area contributed by atoms with E-state index in [1.165, 1.54) is 0 Å². The largest absolute Gasteiger partial charge is 0.336 e. The van der Waals surface area contributed by atoms with Crippen molar-refractivity contribution >= 4 is 5.91 Å². The summed E-state index contributed by atoms with van der Waals surface area (Å²) < 4.78 is 7.07. The van der Waals surface area contributed by atoms with Crippen molar-refractivity contribution in [3.63, 3.8) is 0 Å². The molecular formula is C19H17N7O2. The fourth-order valence-corrected chi connectivity index (χ4v) is 3.41. The zero-order valence-corrected chi connectivity index (χ0v) is 15.0. The highest BCUT2D eigenvalue weighted by Gasteiger charge is 2.31. The Morgan fingerprint density at radius 3 is 2.79 bits per heavy atom. The van der Waals surface area contributed by atoms with Crippen LogP contribution >= 0.6 is 0 Å². The molecule has 0 bridgehead atoms. The van der Waals surface area contributed by atoms with Crippen LogP contribution in [0.3, 0.4) is 0 Å². The molecule has 1 atom stereocenters. The number of aromatic nitrogens is 5. The summed E-state index contributed by atoms with van der Waals surface area (Å²) >= 11 is 0. The molecular weight excluding hydrogens is 358 g/mol. The van der Waals surface area contributed by atoms with E-state index in [0.29, 0.717) is 41.7 Å². The van der Waals surface area contributed by atoms with Gasteiger partial charge in [0.05, 0.1) is 23.9 Å². The van der Waals surface area contributed by atoms with Gasteiger partial charge in [0.25, 0.3) is 11.8 Å². The monoisotopic (exact) mass is 375 g/mol. The maximum atomic E-state index is 12.7. The summed E-state index contributed by atoms with van der Waals surface area (Å²) in [6, 6.07) is 8.80. The Kier molecular flexibility index (Phi) is 3.90. The number of hydrogen-bond donors (Lipinski definition) is 0. The first-order chi connectivity index (χ1) is 13.7. The first-order valence-electron chi connectivity index (χ1n) is 9.26. The van der Waals surface area contributed by atoms with Gasteiger partial charge in [0.15, 0.2) is 11.5 Å². The molecule has 1 aliphatic carbocycles. The van der Waals surface area contributed by atoms with Crippen LogP contribution in [-0.2, 0) is 0 Å². The van der Waals surface area contributed by atoms with E-state index in [2.05, 4.69) is 26.5 Å². The highest BCUT2D eigenvalue weighted by molar-refractivity contribution is 5.94. The molecule has 140 valence electrons. The topological polar surface area (TPSA) is 114 Å². The highest BCUT2D eigenvalue weighted by atomic mass is 16.5. The lowest BCUT2D eigenvalue weighted by atomic mass is 10.1. The molecule has 3 heterocycles. The smallest absolute Gasteiger partial charge is 0.280 e. The quantitative estimate of drug-likeness (QED) is 0.686. The molecule has 0 spiro atoms. The lowest BCUT2D eigenvalue weighted by molar-refractivity contribution is 0.0787. The minimum Gasteiger partial charge on any atom is -0.336 e. The third-order valence-electron chi connectivity index (χ3n) is 5.20. The highest BCUT2D eigenvalue weighted by Crippen LogP contribution is 2.38. The van der Waals surface area contributed by atoms with Crippen LogP contribution in [0.2, 0.25) is 0 Å². The number of benzene rings is 1. The van der Waals surface area contributed by atoms with Gasteiger partial charge in [0.1, 0.15) is 0 Å². The molecule has 1 saturated carbocycles. The number of carbonyl (C=O) groups is 1. The van der Waals surface area contributed by atoms with Crippen LogP contribution < -0.4 is 0 Å². The molecule has 28 heavy (non-hydrogen) atoms. The van der Waals surface area contributed by atoms with E-state index in [-0.39, 0.29) is 11.9 Å². The van der Waals surface area contributed by atoms with Crippen LogP contribution in [0.1, 0.15) is 53.0 Å². The second-order valence-electron chi connectivity index (χ2n) is 7.20. The minimum atomic E-state index is -0.0432. The summed E-state index contributed by atoms with van der Waals surface area (Å²) in [7, 11) is 0. The lowest BCUT2D eigenvalue weighted by Gasteiger charge is -2.16. The van der Waals surface area contributed by atoms with Gasteiger partial charge in [-0.15, -0.1) is 5.10 Å². The van der Waals surface area contributed by atoms with Crippen LogP contribution in [0.25, 0.3) is 11.6 Å². The van der Waals surface area contributed by atoms with Gasteiger partial charge in [-0.2, -0.15) is 10.2 Å². The van der Waals surface area contributed by atoms with E-state index in [1.807, 2.05) is 0 Å². The van der Waals surface area contributed by atoms with Gasteiger partial charge in [-0.3, -0.25) is 4.79 Å². The minimum absolute atomic E-state index is 0.0432. The number of carbonyl (C=O) groups excluding carboxylic acids is 1. The molecule has 9 nitrogen and oxygen atoms in total. The molecule has 2 aliphatic rings. The van der Waals surface area contributed by atoms with Gasteiger partial charge in [-0.25, -0.2) is 4.68 Å². The Bertz CT molecular complexity index is 1060. The number of nitrogens with zero attached hydrogens (tertiary/aromatic N) is 7. The van der Waals surface area contributed by atoms with Crippen molar-refractivity contribution in [2.75, 3.05) is 13.1 Å². The SMILES string of the molecule is N#Cc1ccc(C(=O)N2CCC(n3cc(-c4nc(C5CC5)no4)nn3)C2)cc1. The van der Waals surface area contributed by atoms with Gasteiger partial charge >= 0.3 is 0 Å². The first-order valence-corrected chi connectivity index (χ1v) is 9.26. The lowest BCUT2D eigenvalue weighted by Crippen LogP contribution is -2.29. The van der Waals surface area contributed by atoms with Crippen molar-refractivity contribution < 1.29 is 9.32 Å². The van der Waals surface area contributed by atoms with Gasteiger partial charge < -0.3 is 9.42 Å². The molecule has 0 radical (unpaired) electrons.